The molecule has 0 amide bonds. The summed E-state index contributed by atoms with van der Waals surface area (Å²) in [6.07, 6.45) is 0. The lowest BCUT2D eigenvalue weighted by atomic mass is 10.9. The monoisotopic (exact) mass is 334 g/mol. The highest BCUT2D eigenvalue weighted by molar-refractivity contribution is 8.03. The average Bonchev–Trinajstić information content (AvgIpc) is 2.06. The van der Waals surface area contributed by atoms with Gasteiger partial charge in [0.15, 0.2) is 14.8 Å². The second kappa shape index (κ2) is 8.75. The molecular formula is C10H24Cl2S2Si2. The summed E-state index contributed by atoms with van der Waals surface area (Å²) < 4.78 is 0. The second-order valence-electron chi connectivity index (χ2n) is 5.16. The molecular weight excluding hydrogens is 311 g/mol. The molecule has 0 saturated carbocycles. The van der Waals surface area contributed by atoms with Crippen molar-refractivity contribution in [2.45, 2.75) is 38.3 Å². The van der Waals surface area contributed by atoms with Crippen LogP contribution in [0.25, 0.3) is 0 Å². The Labute approximate surface area is 121 Å². The first kappa shape index (κ1) is 17.7. The third kappa shape index (κ3) is 15.7. The molecule has 98 valence electrons. The lowest BCUT2D eigenvalue weighted by Gasteiger charge is -2.12. The normalized spacial score (nSPS) is 13.1. The van der Waals surface area contributed by atoms with E-state index in [0.717, 1.165) is 0 Å². The Morgan fingerprint density at radius 1 is 0.688 bits per heavy atom. The highest BCUT2D eigenvalue weighted by Crippen LogP contribution is 2.20. The SMILES string of the molecule is C[Si](C)(Cl)CCSCCSCC[Si](C)(C)Cl. The zero-order valence-electron chi connectivity index (χ0n) is 10.8. The molecule has 0 spiro atoms. The number of hydrogen-bond acceptors (Lipinski definition) is 2. The molecule has 0 atom stereocenters. The van der Waals surface area contributed by atoms with E-state index in [1.54, 1.807) is 0 Å². The summed E-state index contributed by atoms with van der Waals surface area (Å²) >= 11 is 16.6. The molecule has 0 bridgehead atoms. The predicted molar refractivity (Wildman–Crippen MR) is 90.9 cm³/mol. The minimum absolute atomic E-state index is 1.23. The van der Waals surface area contributed by atoms with Crippen molar-refractivity contribution in [3.8, 4) is 0 Å². The van der Waals surface area contributed by atoms with Crippen molar-refractivity contribution in [3.63, 3.8) is 0 Å². The minimum atomic E-state index is -1.32. The molecule has 0 fully saturated rings. The third-order valence-electron chi connectivity index (χ3n) is 2.05. The Balaban J connectivity index is 3.17. The van der Waals surface area contributed by atoms with Gasteiger partial charge in [0.1, 0.15) is 0 Å². The number of hydrogen-bond donors (Lipinski definition) is 0. The maximum Gasteiger partial charge on any atom is 0.151 e. The summed E-state index contributed by atoms with van der Waals surface area (Å²) in [6, 6.07) is 2.46. The maximum absolute atomic E-state index is 6.26. The lowest BCUT2D eigenvalue weighted by Crippen LogP contribution is -2.17. The van der Waals surface area contributed by atoms with Crippen LogP contribution in [-0.4, -0.2) is 37.8 Å². The van der Waals surface area contributed by atoms with Crippen molar-refractivity contribution in [1.82, 2.24) is 0 Å². The van der Waals surface area contributed by atoms with Crippen molar-refractivity contribution in [2.75, 3.05) is 23.0 Å². The summed E-state index contributed by atoms with van der Waals surface area (Å²) in [5.74, 6) is 4.99. The van der Waals surface area contributed by atoms with Gasteiger partial charge in [-0.2, -0.15) is 45.7 Å². The van der Waals surface area contributed by atoms with Gasteiger partial charge in [0.05, 0.1) is 0 Å². The van der Waals surface area contributed by atoms with Crippen molar-refractivity contribution >= 4 is 60.4 Å². The molecule has 0 N–H and O–H groups in total. The van der Waals surface area contributed by atoms with Crippen LogP contribution in [0.2, 0.25) is 38.3 Å². The number of halogens is 2. The molecule has 16 heavy (non-hydrogen) atoms. The molecule has 0 heterocycles. The molecule has 0 saturated heterocycles. The highest BCUT2D eigenvalue weighted by atomic mass is 35.6. The van der Waals surface area contributed by atoms with Gasteiger partial charge in [-0.3, -0.25) is 0 Å². The smallest absolute Gasteiger partial charge is 0.151 e. The first-order valence-corrected chi connectivity index (χ1v) is 16.5. The van der Waals surface area contributed by atoms with E-state index in [0.29, 0.717) is 0 Å². The highest BCUT2D eigenvalue weighted by Gasteiger charge is 2.16. The zero-order valence-corrected chi connectivity index (χ0v) is 16.0. The Kier molecular flexibility index (Phi) is 9.69. The summed E-state index contributed by atoms with van der Waals surface area (Å²) in [7, 11) is -2.65. The zero-order chi connectivity index (χ0) is 12.7. The average molecular weight is 336 g/mol. The first-order valence-electron chi connectivity index (χ1n) is 5.74. The van der Waals surface area contributed by atoms with Gasteiger partial charge in [0.25, 0.3) is 0 Å². The summed E-state index contributed by atoms with van der Waals surface area (Å²) in [5.41, 5.74) is 0. The van der Waals surface area contributed by atoms with Crippen LogP contribution in [0, 0.1) is 0 Å². The molecule has 0 aromatic carbocycles. The van der Waals surface area contributed by atoms with Gasteiger partial charge in [-0.15, -0.1) is 0 Å². The Hall–Kier alpha value is 1.71. The molecule has 0 rings (SSSR count). The van der Waals surface area contributed by atoms with E-state index in [9.17, 15) is 0 Å². The molecule has 0 aliphatic heterocycles. The summed E-state index contributed by atoms with van der Waals surface area (Å²) in [4.78, 5) is 0. The Bertz CT molecular complexity index is 159. The number of thioether (sulfide) groups is 2. The van der Waals surface area contributed by atoms with E-state index in [-0.39, 0.29) is 0 Å². The Morgan fingerprint density at radius 3 is 1.25 bits per heavy atom. The molecule has 0 aliphatic rings. The van der Waals surface area contributed by atoms with E-state index in [1.807, 2.05) is 23.5 Å². The molecule has 0 aliphatic carbocycles. The quantitative estimate of drug-likeness (QED) is 0.317. The third-order valence-corrected chi connectivity index (χ3v) is 9.02. The van der Waals surface area contributed by atoms with Crippen molar-refractivity contribution in [1.29, 1.82) is 0 Å². The first-order chi connectivity index (χ1) is 7.21. The van der Waals surface area contributed by atoms with E-state index in [1.165, 1.54) is 35.1 Å². The van der Waals surface area contributed by atoms with Crippen LogP contribution in [0.5, 0.6) is 0 Å². The van der Waals surface area contributed by atoms with Gasteiger partial charge >= 0.3 is 0 Å². The fourth-order valence-electron chi connectivity index (χ4n) is 0.952. The molecule has 0 aromatic rings. The molecule has 0 nitrogen and oxygen atoms in total. The van der Waals surface area contributed by atoms with E-state index in [4.69, 9.17) is 22.2 Å². The van der Waals surface area contributed by atoms with E-state index in [2.05, 4.69) is 26.2 Å². The largest absolute Gasteiger partial charge is 0.168 e. The minimum Gasteiger partial charge on any atom is -0.168 e. The van der Waals surface area contributed by atoms with Crippen LogP contribution in [0.4, 0.5) is 0 Å². The van der Waals surface area contributed by atoms with Crippen LogP contribution in [0.3, 0.4) is 0 Å². The van der Waals surface area contributed by atoms with E-state index < -0.39 is 14.8 Å². The van der Waals surface area contributed by atoms with Crippen molar-refractivity contribution < 1.29 is 0 Å². The number of rotatable bonds is 9. The fourth-order valence-corrected chi connectivity index (χ4v) is 8.73. The molecule has 0 radical (unpaired) electrons. The standard InChI is InChI=1S/C10H24Cl2S2Si2/c1-15(2,11)9-7-13-5-6-14-8-10-16(3,4)12/h5-10H2,1-4H3. The van der Waals surface area contributed by atoms with Crippen molar-refractivity contribution in [2.24, 2.45) is 0 Å². The Morgan fingerprint density at radius 2 is 1.00 bits per heavy atom. The van der Waals surface area contributed by atoms with Crippen molar-refractivity contribution in [3.05, 3.63) is 0 Å². The van der Waals surface area contributed by atoms with Gasteiger partial charge in [0.2, 0.25) is 0 Å². The topological polar surface area (TPSA) is 0 Å². The van der Waals surface area contributed by atoms with Gasteiger partial charge in [-0.05, 0) is 23.6 Å². The van der Waals surface area contributed by atoms with Crippen LogP contribution >= 0.6 is 45.7 Å². The van der Waals surface area contributed by atoms with Crippen LogP contribution in [-0.2, 0) is 0 Å². The molecule has 0 unspecified atom stereocenters. The summed E-state index contributed by atoms with van der Waals surface area (Å²) in [5, 5.41) is 0. The lowest BCUT2D eigenvalue weighted by molar-refractivity contribution is 1.39. The van der Waals surface area contributed by atoms with Gasteiger partial charge in [0, 0.05) is 11.5 Å². The van der Waals surface area contributed by atoms with Crippen LogP contribution in [0.1, 0.15) is 0 Å². The molecule has 0 aromatic heterocycles. The fraction of sp³-hybridized carbons (Fsp3) is 1.00. The van der Waals surface area contributed by atoms with Crippen LogP contribution < -0.4 is 0 Å². The van der Waals surface area contributed by atoms with Crippen LogP contribution in [0.15, 0.2) is 0 Å². The van der Waals surface area contributed by atoms with E-state index >= 15 is 0 Å². The summed E-state index contributed by atoms with van der Waals surface area (Å²) in [6.45, 7) is 8.88. The second-order valence-corrected chi connectivity index (χ2v) is 21.6. The molecule has 6 heteroatoms. The maximum atomic E-state index is 6.26. The predicted octanol–water partition coefficient (Wildman–Crippen LogP) is 5.34. The van der Waals surface area contributed by atoms with Gasteiger partial charge in [-0.1, -0.05) is 26.2 Å². The van der Waals surface area contributed by atoms with Gasteiger partial charge in [-0.25, -0.2) is 0 Å². The van der Waals surface area contributed by atoms with Gasteiger partial charge < -0.3 is 0 Å².